The number of nitrogens with zero attached hydrogens (tertiary/aromatic N) is 4. The Bertz CT molecular complexity index is 409. The molecule has 0 saturated carbocycles. The summed E-state index contributed by atoms with van der Waals surface area (Å²) in [6, 6.07) is 0. The molecule has 0 unspecified atom stereocenters. The minimum Gasteiger partial charge on any atom is -0.378 e. The first-order valence-corrected chi connectivity index (χ1v) is 5.44. The van der Waals surface area contributed by atoms with E-state index in [1.165, 1.54) is 22.9 Å². The van der Waals surface area contributed by atoms with Gasteiger partial charge in [-0.15, -0.1) is 5.10 Å². The molecule has 1 aliphatic rings. The lowest BCUT2D eigenvalue weighted by molar-refractivity contribution is -0.0176. The lowest BCUT2D eigenvalue weighted by atomic mass is 10.1. The largest absolute Gasteiger partial charge is 0.378 e. The SMILES string of the molecule is CO[C@H]1CCN(C(=O)c2cn(C)nn2)C[C@H]1F. The van der Waals surface area contributed by atoms with E-state index < -0.39 is 12.3 Å². The fraction of sp³-hybridized carbons (Fsp3) is 0.700. The highest BCUT2D eigenvalue weighted by Crippen LogP contribution is 2.18. The van der Waals surface area contributed by atoms with Crippen LogP contribution in [0.1, 0.15) is 16.9 Å². The van der Waals surface area contributed by atoms with E-state index in [2.05, 4.69) is 10.3 Å². The van der Waals surface area contributed by atoms with Crippen LogP contribution in [0.2, 0.25) is 0 Å². The van der Waals surface area contributed by atoms with E-state index in [9.17, 15) is 9.18 Å². The second kappa shape index (κ2) is 4.79. The number of alkyl halides is 1. The summed E-state index contributed by atoms with van der Waals surface area (Å²) < 4.78 is 20.1. The van der Waals surface area contributed by atoms with Gasteiger partial charge in [-0.2, -0.15) is 0 Å². The second-order valence-electron chi connectivity index (χ2n) is 4.11. The number of aryl methyl sites for hydroxylation is 1. The van der Waals surface area contributed by atoms with Gasteiger partial charge < -0.3 is 9.64 Å². The summed E-state index contributed by atoms with van der Waals surface area (Å²) in [7, 11) is 3.16. The molecule has 1 saturated heterocycles. The Kier molecular flexibility index (Phi) is 3.37. The number of amides is 1. The number of aromatic nitrogens is 3. The maximum atomic E-state index is 13.6. The van der Waals surface area contributed by atoms with Gasteiger partial charge in [0, 0.05) is 20.7 Å². The Balaban J connectivity index is 2.02. The minimum atomic E-state index is -1.14. The minimum absolute atomic E-state index is 0.0495. The third-order valence-electron chi connectivity index (χ3n) is 2.89. The fourth-order valence-corrected chi connectivity index (χ4v) is 1.94. The molecule has 94 valence electrons. The zero-order valence-corrected chi connectivity index (χ0v) is 9.84. The van der Waals surface area contributed by atoms with Crippen molar-refractivity contribution in [1.82, 2.24) is 19.9 Å². The van der Waals surface area contributed by atoms with E-state index in [1.807, 2.05) is 0 Å². The smallest absolute Gasteiger partial charge is 0.276 e. The van der Waals surface area contributed by atoms with Crippen molar-refractivity contribution in [3.8, 4) is 0 Å². The van der Waals surface area contributed by atoms with Crippen LogP contribution >= 0.6 is 0 Å². The van der Waals surface area contributed by atoms with Crippen molar-refractivity contribution >= 4 is 5.91 Å². The Morgan fingerprint density at radius 3 is 2.94 bits per heavy atom. The van der Waals surface area contributed by atoms with Gasteiger partial charge in [-0.25, -0.2) is 4.39 Å². The molecule has 0 N–H and O–H groups in total. The quantitative estimate of drug-likeness (QED) is 0.733. The van der Waals surface area contributed by atoms with E-state index in [4.69, 9.17) is 4.74 Å². The zero-order chi connectivity index (χ0) is 12.4. The highest BCUT2D eigenvalue weighted by molar-refractivity contribution is 5.92. The number of likely N-dealkylation sites (tertiary alicyclic amines) is 1. The molecule has 0 spiro atoms. The molecule has 7 heteroatoms. The molecule has 0 bridgehead atoms. The zero-order valence-electron chi connectivity index (χ0n) is 9.84. The van der Waals surface area contributed by atoms with E-state index in [-0.39, 0.29) is 18.1 Å². The molecule has 6 nitrogen and oxygen atoms in total. The van der Waals surface area contributed by atoms with Crippen LogP contribution in [0.15, 0.2) is 6.20 Å². The van der Waals surface area contributed by atoms with Gasteiger partial charge in [-0.3, -0.25) is 9.48 Å². The van der Waals surface area contributed by atoms with E-state index >= 15 is 0 Å². The maximum absolute atomic E-state index is 13.6. The van der Waals surface area contributed by atoms with Crippen LogP contribution in [0.5, 0.6) is 0 Å². The fourth-order valence-electron chi connectivity index (χ4n) is 1.94. The summed E-state index contributed by atoms with van der Waals surface area (Å²) in [6.07, 6.45) is 0.469. The first-order valence-electron chi connectivity index (χ1n) is 5.44. The third-order valence-corrected chi connectivity index (χ3v) is 2.89. The van der Waals surface area contributed by atoms with Gasteiger partial charge in [0.2, 0.25) is 0 Å². The number of hydrogen-bond acceptors (Lipinski definition) is 4. The van der Waals surface area contributed by atoms with E-state index in [0.717, 1.165) is 0 Å². The number of carbonyl (C=O) groups is 1. The lowest BCUT2D eigenvalue weighted by Crippen LogP contribution is -2.47. The molecule has 0 aliphatic carbocycles. The summed E-state index contributed by atoms with van der Waals surface area (Å²) in [5, 5.41) is 7.41. The number of ether oxygens (including phenoxy) is 1. The summed E-state index contributed by atoms with van der Waals surface area (Å²) in [4.78, 5) is 13.4. The van der Waals surface area contributed by atoms with Crippen molar-refractivity contribution in [3.05, 3.63) is 11.9 Å². The molecule has 1 aromatic rings. The van der Waals surface area contributed by atoms with Gasteiger partial charge in [-0.1, -0.05) is 5.21 Å². The maximum Gasteiger partial charge on any atom is 0.276 e. The molecule has 0 radical (unpaired) electrons. The van der Waals surface area contributed by atoms with Crippen molar-refractivity contribution in [2.24, 2.45) is 7.05 Å². The number of hydrogen-bond donors (Lipinski definition) is 0. The summed E-state index contributed by atoms with van der Waals surface area (Å²) in [6.45, 7) is 0.530. The molecular weight excluding hydrogens is 227 g/mol. The molecule has 1 aromatic heterocycles. The monoisotopic (exact) mass is 242 g/mol. The number of piperidine rings is 1. The highest BCUT2D eigenvalue weighted by atomic mass is 19.1. The second-order valence-corrected chi connectivity index (χ2v) is 4.11. The highest BCUT2D eigenvalue weighted by Gasteiger charge is 2.32. The standard InChI is InChI=1S/C10H15FN4O2/c1-14-6-8(12-13-14)10(16)15-4-3-9(17-2)7(11)5-15/h6-7,9H,3-5H2,1-2H3/t7-,9+/m1/s1. The van der Waals surface area contributed by atoms with Crippen LogP contribution < -0.4 is 0 Å². The van der Waals surface area contributed by atoms with Gasteiger partial charge in [0.1, 0.15) is 6.17 Å². The Labute approximate surface area is 98.3 Å². The summed E-state index contributed by atoms with van der Waals surface area (Å²) in [5.41, 5.74) is 0.246. The molecule has 1 fully saturated rings. The molecule has 17 heavy (non-hydrogen) atoms. The topological polar surface area (TPSA) is 60.2 Å². The molecular formula is C10H15FN4O2. The lowest BCUT2D eigenvalue weighted by Gasteiger charge is -2.33. The molecule has 1 aliphatic heterocycles. The number of methoxy groups -OCH3 is 1. The van der Waals surface area contributed by atoms with E-state index in [1.54, 1.807) is 7.05 Å². The molecule has 2 atom stereocenters. The third kappa shape index (κ3) is 2.44. The molecule has 1 amide bonds. The Hall–Kier alpha value is -1.50. The average molecular weight is 242 g/mol. The Morgan fingerprint density at radius 1 is 1.65 bits per heavy atom. The van der Waals surface area contributed by atoms with Crippen molar-refractivity contribution in [2.45, 2.75) is 18.7 Å². The number of halogens is 1. The van der Waals surface area contributed by atoms with E-state index in [0.29, 0.717) is 13.0 Å². The normalized spacial score (nSPS) is 25.0. The van der Waals surface area contributed by atoms with Crippen LogP contribution in [-0.4, -0.2) is 58.3 Å². The molecule has 2 heterocycles. The Morgan fingerprint density at radius 2 is 2.41 bits per heavy atom. The summed E-state index contributed by atoms with van der Waals surface area (Å²) >= 11 is 0. The van der Waals surface area contributed by atoms with Crippen LogP contribution in [-0.2, 0) is 11.8 Å². The predicted molar refractivity (Wildman–Crippen MR) is 57.2 cm³/mol. The van der Waals surface area contributed by atoms with Crippen LogP contribution in [0.25, 0.3) is 0 Å². The van der Waals surface area contributed by atoms with Crippen LogP contribution in [0.3, 0.4) is 0 Å². The van der Waals surface area contributed by atoms with Crippen LogP contribution in [0.4, 0.5) is 4.39 Å². The van der Waals surface area contributed by atoms with Gasteiger partial charge in [0.25, 0.3) is 5.91 Å². The predicted octanol–water partition coefficient (Wildman–Crippen LogP) is 0.0141. The van der Waals surface area contributed by atoms with Gasteiger partial charge in [-0.05, 0) is 6.42 Å². The number of carbonyl (C=O) groups excluding carboxylic acids is 1. The van der Waals surface area contributed by atoms with Gasteiger partial charge in [0.05, 0.1) is 18.8 Å². The van der Waals surface area contributed by atoms with Gasteiger partial charge >= 0.3 is 0 Å². The van der Waals surface area contributed by atoms with Gasteiger partial charge in [0.15, 0.2) is 5.69 Å². The molecule has 0 aromatic carbocycles. The van der Waals surface area contributed by atoms with Crippen molar-refractivity contribution in [1.29, 1.82) is 0 Å². The average Bonchev–Trinajstić information content (AvgIpc) is 2.75. The van der Waals surface area contributed by atoms with Crippen LogP contribution in [0, 0.1) is 0 Å². The van der Waals surface area contributed by atoms with Crippen molar-refractivity contribution < 1.29 is 13.9 Å². The first-order chi connectivity index (χ1) is 8.11. The molecule has 2 rings (SSSR count). The summed E-state index contributed by atoms with van der Waals surface area (Å²) in [5.74, 6) is -0.282. The van der Waals surface area contributed by atoms with Crippen molar-refractivity contribution in [2.75, 3.05) is 20.2 Å². The number of rotatable bonds is 2. The van der Waals surface area contributed by atoms with Crippen molar-refractivity contribution in [3.63, 3.8) is 0 Å². The first kappa shape index (κ1) is 12.0.